The van der Waals surface area contributed by atoms with Crippen LogP contribution in [0.3, 0.4) is 0 Å². The van der Waals surface area contributed by atoms with Gasteiger partial charge >= 0.3 is 0 Å². The molecule has 1 aliphatic rings. The number of amides is 1. The number of hydrogen-bond donors (Lipinski definition) is 2. The number of anilines is 1. The van der Waals surface area contributed by atoms with Crippen molar-refractivity contribution in [1.82, 2.24) is 15.0 Å². The van der Waals surface area contributed by atoms with E-state index < -0.39 is 0 Å². The zero-order chi connectivity index (χ0) is 26.8. The fraction of sp³-hybridized carbons (Fsp3) is 0.241. The largest absolute Gasteiger partial charge is 0.497 e. The van der Waals surface area contributed by atoms with E-state index in [1.54, 1.807) is 13.3 Å². The van der Waals surface area contributed by atoms with E-state index in [2.05, 4.69) is 10.3 Å². The molecule has 0 saturated heterocycles. The van der Waals surface area contributed by atoms with E-state index in [0.717, 1.165) is 44.9 Å². The molecule has 38 heavy (non-hydrogen) atoms. The van der Waals surface area contributed by atoms with E-state index in [-0.39, 0.29) is 18.3 Å². The normalized spacial score (nSPS) is 11.8. The third-order valence-corrected chi connectivity index (χ3v) is 7.64. The molecular weight excluding hydrogens is 500 g/mol. The molecule has 194 valence electrons. The van der Waals surface area contributed by atoms with Crippen LogP contribution in [0.4, 0.5) is 5.69 Å². The second-order valence-electron chi connectivity index (χ2n) is 9.06. The Morgan fingerprint density at radius 3 is 2.63 bits per heavy atom. The van der Waals surface area contributed by atoms with Crippen LogP contribution in [-0.2, 0) is 17.8 Å². The van der Waals surface area contributed by atoms with Crippen molar-refractivity contribution >= 4 is 23.4 Å². The molecule has 0 saturated carbocycles. The van der Waals surface area contributed by atoms with Gasteiger partial charge in [0.25, 0.3) is 0 Å². The van der Waals surface area contributed by atoms with E-state index in [1.807, 2.05) is 63.2 Å². The molecule has 1 aliphatic heterocycles. The topological polar surface area (TPSA) is 106 Å². The van der Waals surface area contributed by atoms with Gasteiger partial charge in [0, 0.05) is 35.0 Å². The Bertz CT molecular complexity index is 1520. The van der Waals surface area contributed by atoms with E-state index in [0.29, 0.717) is 34.5 Å². The van der Waals surface area contributed by atoms with Crippen LogP contribution < -0.4 is 14.8 Å². The van der Waals surface area contributed by atoms with E-state index in [4.69, 9.17) is 19.4 Å². The number of thioether (sulfide) groups is 1. The fourth-order valence-electron chi connectivity index (χ4n) is 4.29. The average Bonchev–Trinajstić information content (AvgIpc) is 2.93. The van der Waals surface area contributed by atoms with Gasteiger partial charge in [-0.05, 0) is 62.2 Å². The number of nitrogens with zero attached hydrogens (tertiary/aromatic N) is 3. The maximum atomic E-state index is 12.9. The molecule has 9 heteroatoms. The monoisotopic (exact) mass is 528 g/mol. The maximum absolute atomic E-state index is 12.9. The summed E-state index contributed by atoms with van der Waals surface area (Å²) >= 11 is 1.34. The van der Waals surface area contributed by atoms with Gasteiger partial charge in [0.2, 0.25) is 11.8 Å². The van der Waals surface area contributed by atoms with Crippen LogP contribution in [0.1, 0.15) is 33.5 Å². The van der Waals surface area contributed by atoms with Crippen LogP contribution in [0.15, 0.2) is 53.7 Å². The zero-order valence-electron chi connectivity index (χ0n) is 21.7. The summed E-state index contributed by atoms with van der Waals surface area (Å²) in [5.41, 5.74) is 6.79. The van der Waals surface area contributed by atoms with Crippen molar-refractivity contribution in [3.8, 4) is 28.8 Å². The number of nitrogens with one attached hydrogen (secondary N) is 1. The van der Waals surface area contributed by atoms with Gasteiger partial charge in [0.1, 0.15) is 10.8 Å². The summed E-state index contributed by atoms with van der Waals surface area (Å²) in [6, 6.07) is 13.3. The molecule has 0 atom stereocenters. The number of hydrogen-bond acceptors (Lipinski definition) is 8. The molecule has 8 nitrogen and oxygen atoms in total. The lowest BCUT2D eigenvalue weighted by atomic mass is 9.99. The number of carbonyl (C=O) groups excluding carboxylic acids is 1. The van der Waals surface area contributed by atoms with Crippen molar-refractivity contribution in [3.05, 3.63) is 82.2 Å². The molecule has 0 unspecified atom stereocenters. The first-order chi connectivity index (χ1) is 18.4. The molecule has 1 amide bonds. The number of methoxy groups -OCH3 is 1. The minimum absolute atomic E-state index is 0.129. The van der Waals surface area contributed by atoms with Crippen LogP contribution in [0, 0.1) is 20.8 Å². The third kappa shape index (κ3) is 5.07. The van der Waals surface area contributed by atoms with Crippen LogP contribution in [0.2, 0.25) is 0 Å². The summed E-state index contributed by atoms with van der Waals surface area (Å²) in [5.74, 6) is 2.27. The lowest BCUT2D eigenvalue weighted by Gasteiger charge is -2.24. The minimum Gasteiger partial charge on any atom is -0.497 e. The number of fused-ring (bicyclic) bond motifs is 2. The Morgan fingerprint density at radius 1 is 1.11 bits per heavy atom. The highest BCUT2D eigenvalue weighted by atomic mass is 32.2. The smallest absolute Gasteiger partial charge is 0.234 e. The standard InChI is InChI=1S/C29H28N4O4S/c1-16-6-5-7-24(17(16)2)31-25(35)15-38-29-23-12-22-20(14-34)13-30-18(3)26(22)37-28(23)32-27(33-29)19-8-10-21(36-4)11-9-19/h5-11,13,34H,12,14-15H2,1-4H3,(H,31,35). The fourth-order valence-corrected chi connectivity index (χ4v) is 5.11. The second-order valence-corrected chi connectivity index (χ2v) is 10.0. The van der Waals surface area contributed by atoms with Gasteiger partial charge in [0.05, 0.1) is 30.7 Å². The first kappa shape index (κ1) is 25.7. The van der Waals surface area contributed by atoms with Crippen molar-refractivity contribution in [1.29, 1.82) is 0 Å². The average molecular weight is 529 g/mol. The van der Waals surface area contributed by atoms with E-state index in [1.165, 1.54) is 11.8 Å². The molecule has 4 aromatic rings. The Labute approximate surface area is 225 Å². The quantitative estimate of drug-likeness (QED) is 0.214. The molecule has 0 fully saturated rings. The predicted molar refractivity (Wildman–Crippen MR) is 147 cm³/mol. The number of benzene rings is 2. The SMILES string of the molecule is COc1ccc(-c2nc3c(c(SCC(=O)Nc4cccc(C)c4C)n2)Cc2c(CO)cnc(C)c2O3)cc1. The van der Waals surface area contributed by atoms with Gasteiger partial charge in [-0.2, -0.15) is 4.98 Å². The van der Waals surface area contributed by atoms with E-state index in [9.17, 15) is 9.90 Å². The summed E-state index contributed by atoms with van der Waals surface area (Å²) < 4.78 is 11.5. The highest BCUT2D eigenvalue weighted by Gasteiger charge is 2.28. The Hall–Kier alpha value is -3.95. The van der Waals surface area contributed by atoms with Gasteiger partial charge in [-0.1, -0.05) is 23.9 Å². The summed E-state index contributed by atoms with van der Waals surface area (Å²) in [7, 11) is 1.62. The van der Waals surface area contributed by atoms with Crippen molar-refractivity contribution in [2.75, 3.05) is 18.2 Å². The number of pyridine rings is 1. The summed E-state index contributed by atoms with van der Waals surface area (Å²) in [5, 5.41) is 13.6. The number of aliphatic hydroxyl groups excluding tert-OH is 1. The lowest BCUT2D eigenvalue weighted by Crippen LogP contribution is -2.16. The molecule has 0 aliphatic carbocycles. The number of aliphatic hydroxyl groups is 1. The van der Waals surface area contributed by atoms with Crippen molar-refractivity contribution in [2.24, 2.45) is 0 Å². The molecule has 0 radical (unpaired) electrons. The Kier molecular flexibility index (Phi) is 7.31. The Morgan fingerprint density at radius 2 is 1.89 bits per heavy atom. The summed E-state index contributed by atoms with van der Waals surface area (Å²) in [6.07, 6.45) is 2.13. The van der Waals surface area contributed by atoms with E-state index >= 15 is 0 Å². The molecule has 3 heterocycles. The maximum Gasteiger partial charge on any atom is 0.234 e. The first-order valence-electron chi connectivity index (χ1n) is 12.2. The van der Waals surface area contributed by atoms with Crippen molar-refractivity contribution < 1.29 is 19.4 Å². The first-order valence-corrected chi connectivity index (χ1v) is 13.2. The van der Waals surface area contributed by atoms with Gasteiger partial charge in [-0.3, -0.25) is 9.78 Å². The lowest BCUT2D eigenvalue weighted by molar-refractivity contribution is -0.113. The highest BCUT2D eigenvalue weighted by Crippen LogP contribution is 2.42. The van der Waals surface area contributed by atoms with Gasteiger partial charge in [-0.25, -0.2) is 4.98 Å². The van der Waals surface area contributed by atoms with Gasteiger partial charge < -0.3 is 19.9 Å². The number of ether oxygens (including phenoxy) is 2. The number of carbonyl (C=O) groups is 1. The zero-order valence-corrected chi connectivity index (χ0v) is 22.5. The molecule has 2 N–H and O–H groups in total. The third-order valence-electron chi connectivity index (χ3n) is 6.63. The van der Waals surface area contributed by atoms with Crippen LogP contribution >= 0.6 is 11.8 Å². The summed E-state index contributed by atoms with van der Waals surface area (Å²) in [4.78, 5) is 26.9. The number of aryl methyl sites for hydroxylation is 2. The second kappa shape index (κ2) is 10.8. The highest BCUT2D eigenvalue weighted by molar-refractivity contribution is 8.00. The van der Waals surface area contributed by atoms with Crippen molar-refractivity contribution in [2.45, 2.75) is 38.8 Å². The molecular formula is C29H28N4O4S. The molecule has 2 aromatic carbocycles. The van der Waals surface area contributed by atoms with Crippen molar-refractivity contribution in [3.63, 3.8) is 0 Å². The van der Waals surface area contributed by atoms with Gasteiger partial charge in [0.15, 0.2) is 11.6 Å². The number of rotatable bonds is 7. The summed E-state index contributed by atoms with van der Waals surface area (Å²) in [6.45, 7) is 5.72. The van der Waals surface area contributed by atoms with Crippen LogP contribution in [-0.4, -0.2) is 38.8 Å². The predicted octanol–water partition coefficient (Wildman–Crippen LogP) is 5.39. The Balaban J connectivity index is 1.49. The van der Waals surface area contributed by atoms with Crippen LogP contribution in [0.5, 0.6) is 17.4 Å². The molecule has 0 bridgehead atoms. The molecule has 5 rings (SSSR count). The molecule has 0 spiro atoms. The number of aromatic nitrogens is 3. The van der Waals surface area contributed by atoms with Gasteiger partial charge in [-0.15, -0.1) is 0 Å². The minimum atomic E-state index is -0.153. The van der Waals surface area contributed by atoms with Crippen LogP contribution in [0.25, 0.3) is 11.4 Å². The molecule has 2 aromatic heterocycles.